The molecule has 88 valence electrons. The zero-order chi connectivity index (χ0) is 12.4. The summed E-state index contributed by atoms with van der Waals surface area (Å²) >= 11 is 0. The summed E-state index contributed by atoms with van der Waals surface area (Å²) in [4.78, 5) is 0. The highest BCUT2D eigenvalue weighted by molar-refractivity contribution is 6.63. The van der Waals surface area contributed by atoms with Gasteiger partial charge in [0, 0.05) is 0 Å². The molecule has 0 nitrogen and oxygen atoms in total. The molecule has 0 radical (unpaired) electrons. The minimum absolute atomic E-state index is 0.422. The lowest BCUT2D eigenvalue weighted by Gasteiger charge is -2.13. The lowest BCUT2D eigenvalue weighted by molar-refractivity contribution is 0.423. The van der Waals surface area contributed by atoms with Gasteiger partial charge in [-0.1, -0.05) is 51.6 Å². The smallest absolute Gasteiger partial charge is 0.104 e. The number of hydrogen-bond donors (Lipinski definition) is 0. The SMILES string of the molecule is C=CCB(CC=C)C1C(C)(C)C1(C)CC=C. The van der Waals surface area contributed by atoms with E-state index in [1.165, 1.54) is 0 Å². The second kappa shape index (κ2) is 4.65. The van der Waals surface area contributed by atoms with Gasteiger partial charge in [-0.15, -0.1) is 19.7 Å². The van der Waals surface area contributed by atoms with Crippen molar-refractivity contribution >= 4 is 6.71 Å². The Bertz CT molecular complexity index is 280. The average molecular weight is 216 g/mol. The minimum Gasteiger partial charge on any atom is -0.104 e. The van der Waals surface area contributed by atoms with Crippen molar-refractivity contribution in [2.45, 2.75) is 45.6 Å². The first-order chi connectivity index (χ1) is 7.45. The first-order valence-corrected chi connectivity index (χ1v) is 6.28. The molecule has 2 unspecified atom stereocenters. The Hall–Kier alpha value is -0.715. The fraction of sp³-hybridized carbons (Fsp3) is 0.600. The maximum absolute atomic E-state index is 3.90. The van der Waals surface area contributed by atoms with E-state index in [4.69, 9.17) is 0 Å². The number of hydrogen-bond acceptors (Lipinski definition) is 0. The fourth-order valence-corrected chi connectivity index (χ4v) is 3.71. The standard InChI is InChI=1S/C15H25B/c1-7-10-15(6)13(14(15,4)5)16(11-8-2)12-9-3/h7-9,13H,1-3,10-12H2,4-6H3. The van der Waals surface area contributed by atoms with E-state index in [-0.39, 0.29) is 0 Å². The van der Waals surface area contributed by atoms with Gasteiger partial charge >= 0.3 is 0 Å². The normalized spacial score (nSPS) is 30.6. The first kappa shape index (κ1) is 13.4. The van der Waals surface area contributed by atoms with Crippen LogP contribution >= 0.6 is 0 Å². The third-order valence-electron chi connectivity index (χ3n) is 4.83. The Labute approximate surface area is 102 Å². The van der Waals surface area contributed by atoms with E-state index in [1.807, 2.05) is 0 Å². The van der Waals surface area contributed by atoms with Crippen LogP contribution in [0, 0.1) is 10.8 Å². The van der Waals surface area contributed by atoms with Crippen LogP contribution in [0.5, 0.6) is 0 Å². The third-order valence-corrected chi connectivity index (χ3v) is 4.83. The van der Waals surface area contributed by atoms with Gasteiger partial charge in [0.1, 0.15) is 0 Å². The van der Waals surface area contributed by atoms with Gasteiger partial charge in [-0.2, -0.15) is 0 Å². The summed E-state index contributed by atoms with van der Waals surface area (Å²) in [6.45, 7) is 19.5. The minimum atomic E-state index is 0.422. The summed E-state index contributed by atoms with van der Waals surface area (Å²) in [6, 6.07) is 0. The summed E-state index contributed by atoms with van der Waals surface area (Å²) in [6.07, 6.45) is 9.50. The number of allylic oxidation sites excluding steroid dienone is 3. The highest BCUT2D eigenvalue weighted by Gasteiger charge is 2.68. The van der Waals surface area contributed by atoms with Crippen LogP contribution in [-0.4, -0.2) is 6.71 Å². The van der Waals surface area contributed by atoms with Crippen LogP contribution in [0.2, 0.25) is 18.5 Å². The van der Waals surface area contributed by atoms with E-state index in [0.717, 1.165) is 24.9 Å². The lowest BCUT2D eigenvalue weighted by atomic mass is 9.39. The molecule has 0 aromatic rings. The van der Waals surface area contributed by atoms with Gasteiger partial charge in [0.2, 0.25) is 0 Å². The largest absolute Gasteiger partial charge is 0.152 e. The molecule has 1 aliphatic rings. The van der Waals surface area contributed by atoms with Crippen molar-refractivity contribution in [2.75, 3.05) is 0 Å². The van der Waals surface area contributed by atoms with Crippen LogP contribution in [0.4, 0.5) is 0 Å². The van der Waals surface area contributed by atoms with Gasteiger partial charge in [-0.3, -0.25) is 0 Å². The molecule has 0 amide bonds. The van der Waals surface area contributed by atoms with Crippen molar-refractivity contribution in [1.29, 1.82) is 0 Å². The molecule has 2 atom stereocenters. The molecule has 0 aliphatic heterocycles. The van der Waals surface area contributed by atoms with Crippen molar-refractivity contribution in [3.8, 4) is 0 Å². The van der Waals surface area contributed by atoms with Gasteiger partial charge < -0.3 is 0 Å². The van der Waals surface area contributed by atoms with Crippen LogP contribution in [0.1, 0.15) is 27.2 Å². The molecular formula is C15H25B. The van der Waals surface area contributed by atoms with E-state index in [2.05, 4.69) is 58.7 Å². The van der Waals surface area contributed by atoms with Gasteiger partial charge in [0.25, 0.3) is 0 Å². The maximum atomic E-state index is 3.90. The van der Waals surface area contributed by atoms with Crippen molar-refractivity contribution in [2.24, 2.45) is 10.8 Å². The van der Waals surface area contributed by atoms with Gasteiger partial charge in [0.15, 0.2) is 6.71 Å². The highest BCUT2D eigenvalue weighted by Crippen LogP contribution is 2.76. The molecule has 1 heteroatoms. The summed E-state index contributed by atoms with van der Waals surface area (Å²) in [5.74, 6) is 0.772. The van der Waals surface area contributed by atoms with Crippen LogP contribution in [0.25, 0.3) is 0 Å². The molecular weight excluding hydrogens is 191 g/mol. The number of rotatable bonds is 7. The Morgan fingerprint density at radius 3 is 1.88 bits per heavy atom. The summed E-state index contributed by atoms with van der Waals surface area (Å²) in [5, 5.41) is 0. The van der Waals surface area contributed by atoms with E-state index in [0.29, 0.717) is 17.5 Å². The second-order valence-electron chi connectivity index (χ2n) is 5.92. The topological polar surface area (TPSA) is 0 Å². The van der Waals surface area contributed by atoms with Gasteiger partial charge in [-0.25, -0.2) is 0 Å². The van der Waals surface area contributed by atoms with Crippen molar-refractivity contribution in [3.63, 3.8) is 0 Å². The molecule has 1 rings (SSSR count). The Kier molecular flexibility index (Phi) is 3.88. The summed E-state index contributed by atoms with van der Waals surface area (Å²) in [7, 11) is 0. The predicted octanol–water partition coefficient (Wildman–Crippen LogP) is 4.85. The van der Waals surface area contributed by atoms with E-state index in [1.54, 1.807) is 0 Å². The molecule has 0 aromatic carbocycles. The van der Waals surface area contributed by atoms with E-state index in [9.17, 15) is 0 Å². The van der Waals surface area contributed by atoms with Crippen molar-refractivity contribution in [3.05, 3.63) is 38.0 Å². The first-order valence-electron chi connectivity index (χ1n) is 6.28. The van der Waals surface area contributed by atoms with E-state index < -0.39 is 0 Å². The molecule has 0 spiro atoms. The monoisotopic (exact) mass is 216 g/mol. The van der Waals surface area contributed by atoms with Crippen LogP contribution in [0.3, 0.4) is 0 Å². The molecule has 1 saturated carbocycles. The summed E-state index contributed by atoms with van der Waals surface area (Å²) < 4.78 is 0. The quantitative estimate of drug-likeness (QED) is 0.421. The predicted molar refractivity (Wildman–Crippen MR) is 76.2 cm³/mol. The van der Waals surface area contributed by atoms with Crippen molar-refractivity contribution in [1.82, 2.24) is 0 Å². The molecule has 16 heavy (non-hydrogen) atoms. The molecule has 1 aliphatic carbocycles. The van der Waals surface area contributed by atoms with Crippen LogP contribution in [-0.2, 0) is 0 Å². The zero-order valence-corrected chi connectivity index (χ0v) is 11.1. The zero-order valence-electron chi connectivity index (χ0n) is 11.1. The molecule has 0 bridgehead atoms. The molecule has 1 fully saturated rings. The average Bonchev–Trinajstić information content (AvgIpc) is 2.60. The van der Waals surface area contributed by atoms with Crippen LogP contribution < -0.4 is 0 Å². The van der Waals surface area contributed by atoms with Crippen molar-refractivity contribution < 1.29 is 0 Å². The second-order valence-corrected chi connectivity index (χ2v) is 5.92. The van der Waals surface area contributed by atoms with Gasteiger partial charge in [-0.05, 0) is 23.1 Å². The van der Waals surface area contributed by atoms with E-state index >= 15 is 0 Å². The summed E-state index contributed by atoms with van der Waals surface area (Å²) in [5.41, 5.74) is 0.851. The Morgan fingerprint density at radius 2 is 1.50 bits per heavy atom. The van der Waals surface area contributed by atoms with Gasteiger partial charge in [0.05, 0.1) is 0 Å². The lowest BCUT2D eigenvalue weighted by Crippen LogP contribution is -2.14. The molecule has 0 saturated heterocycles. The van der Waals surface area contributed by atoms with Crippen LogP contribution in [0.15, 0.2) is 38.0 Å². The molecule has 0 heterocycles. The Morgan fingerprint density at radius 1 is 1.00 bits per heavy atom. The fourth-order valence-electron chi connectivity index (χ4n) is 3.71. The molecule has 0 aromatic heterocycles. The Balaban J connectivity index is 2.82. The third kappa shape index (κ3) is 1.92. The maximum Gasteiger partial charge on any atom is 0.152 e. The highest BCUT2D eigenvalue weighted by atomic mass is 14.7. The molecule has 0 N–H and O–H groups in total.